The summed E-state index contributed by atoms with van der Waals surface area (Å²) in [4.78, 5) is 25.4. The van der Waals surface area contributed by atoms with Crippen LogP contribution in [0.4, 0.5) is 5.69 Å². The second kappa shape index (κ2) is 14.8. The highest BCUT2D eigenvalue weighted by Crippen LogP contribution is 2.28. The van der Waals surface area contributed by atoms with Crippen LogP contribution in [0.15, 0.2) is 101 Å². The van der Waals surface area contributed by atoms with Crippen LogP contribution in [0.5, 0.6) is 17.2 Å². The van der Waals surface area contributed by atoms with Gasteiger partial charge in [0.1, 0.15) is 5.75 Å². The summed E-state index contributed by atoms with van der Waals surface area (Å²) >= 11 is 0. The van der Waals surface area contributed by atoms with Crippen LogP contribution in [0.25, 0.3) is 0 Å². The van der Waals surface area contributed by atoms with E-state index in [1.165, 1.54) is 49.7 Å². The number of nitrogens with zero attached hydrogens (tertiary/aromatic N) is 1. The molecule has 0 aliphatic heterocycles. The van der Waals surface area contributed by atoms with E-state index in [4.69, 9.17) is 14.2 Å². The smallest absolute Gasteiger partial charge is 0.343 e. The van der Waals surface area contributed by atoms with Crippen molar-refractivity contribution in [2.45, 2.75) is 31.6 Å². The van der Waals surface area contributed by atoms with Crippen molar-refractivity contribution in [1.82, 2.24) is 5.43 Å². The van der Waals surface area contributed by atoms with Gasteiger partial charge in [-0.1, -0.05) is 31.0 Å². The zero-order valence-corrected chi connectivity index (χ0v) is 25.4. The molecule has 2 N–H and O–H groups in total. The highest BCUT2D eigenvalue weighted by Gasteiger charge is 2.15. The van der Waals surface area contributed by atoms with E-state index >= 15 is 0 Å². The number of benzene rings is 4. The summed E-state index contributed by atoms with van der Waals surface area (Å²) in [6.07, 6.45) is 3.40. The number of ether oxygens (including phenoxy) is 3. The molecule has 0 aromatic heterocycles. The summed E-state index contributed by atoms with van der Waals surface area (Å²) in [6, 6.07) is 24.0. The molecule has 11 heteroatoms. The lowest BCUT2D eigenvalue weighted by Crippen LogP contribution is -2.18. The normalized spacial score (nSPS) is 11.2. The molecular weight excluding hydrogens is 582 g/mol. The van der Waals surface area contributed by atoms with Crippen molar-refractivity contribution in [2.75, 3.05) is 18.4 Å². The number of hydrogen-bond acceptors (Lipinski definition) is 8. The lowest BCUT2D eigenvalue weighted by molar-refractivity contribution is 0.0729. The number of esters is 1. The first kappa shape index (κ1) is 31.8. The third-order valence-electron chi connectivity index (χ3n) is 6.36. The number of amides is 1. The Morgan fingerprint density at radius 2 is 1.55 bits per heavy atom. The van der Waals surface area contributed by atoms with E-state index in [1.807, 2.05) is 6.92 Å². The van der Waals surface area contributed by atoms with Crippen LogP contribution in [0.2, 0.25) is 0 Å². The van der Waals surface area contributed by atoms with Crippen molar-refractivity contribution in [3.63, 3.8) is 0 Å². The molecule has 0 bridgehead atoms. The molecule has 0 heterocycles. The largest absolute Gasteiger partial charge is 0.494 e. The van der Waals surface area contributed by atoms with E-state index in [0.717, 1.165) is 18.4 Å². The fourth-order valence-corrected chi connectivity index (χ4v) is 4.94. The molecule has 228 valence electrons. The number of unbranched alkanes of at least 4 members (excludes halogenated alkanes) is 1. The summed E-state index contributed by atoms with van der Waals surface area (Å²) in [5.74, 6) is 0.165. The number of rotatable bonds is 13. The van der Waals surface area contributed by atoms with Crippen molar-refractivity contribution in [3.8, 4) is 17.2 Å². The molecule has 4 rings (SSSR count). The van der Waals surface area contributed by atoms with Crippen molar-refractivity contribution in [3.05, 3.63) is 113 Å². The number of anilines is 1. The molecule has 0 aliphatic carbocycles. The van der Waals surface area contributed by atoms with Gasteiger partial charge in [0.05, 0.1) is 30.4 Å². The maximum atomic E-state index is 12.7. The van der Waals surface area contributed by atoms with Crippen molar-refractivity contribution in [2.24, 2.45) is 5.10 Å². The first-order chi connectivity index (χ1) is 21.2. The van der Waals surface area contributed by atoms with Gasteiger partial charge in [0.25, 0.3) is 15.9 Å². The molecule has 0 radical (unpaired) electrons. The Hall–Kier alpha value is -5.16. The number of hydrogen-bond donors (Lipinski definition) is 2. The molecule has 0 aliphatic rings. The van der Waals surface area contributed by atoms with E-state index in [9.17, 15) is 18.0 Å². The topological polar surface area (TPSA) is 132 Å². The Kier molecular flexibility index (Phi) is 10.7. The molecule has 0 atom stereocenters. The van der Waals surface area contributed by atoms with Crippen molar-refractivity contribution < 1.29 is 32.2 Å². The predicted octanol–water partition coefficient (Wildman–Crippen LogP) is 5.97. The van der Waals surface area contributed by atoms with Crippen LogP contribution < -0.4 is 24.4 Å². The Bertz CT molecular complexity index is 1720. The Labute approximate surface area is 256 Å². The summed E-state index contributed by atoms with van der Waals surface area (Å²) < 4.78 is 44.2. The Balaban J connectivity index is 1.32. The van der Waals surface area contributed by atoms with Crippen molar-refractivity contribution in [1.29, 1.82) is 0 Å². The van der Waals surface area contributed by atoms with Gasteiger partial charge in [0.2, 0.25) is 0 Å². The number of carbonyl (C=O) groups is 2. The quantitative estimate of drug-likeness (QED) is 0.0623. The zero-order valence-electron chi connectivity index (χ0n) is 24.6. The molecule has 0 spiro atoms. The minimum absolute atomic E-state index is 0.139. The number of hydrazone groups is 1. The fraction of sp³-hybridized carbons (Fsp3) is 0.182. The minimum atomic E-state index is -3.76. The van der Waals surface area contributed by atoms with Gasteiger partial charge in [0.15, 0.2) is 11.5 Å². The van der Waals surface area contributed by atoms with Crippen LogP contribution in [-0.4, -0.2) is 40.2 Å². The average Bonchev–Trinajstić information content (AvgIpc) is 3.02. The lowest BCUT2D eigenvalue weighted by atomic mass is 10.2. The monoisotopic (exact) mass is 615 g/mol. The van der Waals surface area contributed by atoms with Crippen LogP contribution >= 0.6 is 0 Å². The lowest BCUT2D eigenvalue weighted by Gasteiger charge is -2.10. The van der Waals surface area contributed by atoms with Gasteiger partial charge in [-0.05, 0) is 97.8 Å². The van der Waals surface area contributed by atoms with Gasteiger partial charge in [0, 0.05) is 11.3 Å². The molecule has 0 fully saturated rings. The SMILES string of the molecule is CCCCOc1ccc(C(=O)Oc2ccc(/C=N/NC(=O)c3ccc(NS(=O)(=O)c4ccc(C)cc4)cc3)cc2OC)cc1. The van der Waals surface area contributed by atoms with Crippen LogP contribution in [0, 0.1) is 6.92 Å². The van der Waals surface area contributed by atoms with Gasteiger partial charge in [-0.25, -0.2) is 18.6 Å². The van der Waals surface area contributed by atoms with Gasteiger partial charge in [-0.2, -0.15) is 5.10 Å². The fourth-order valence-electron chi connectivity index (χ4n) is 3.88. The maximum absolute atomic E-state index is 12.7. The number of carbonyl (C=O) groups excluding carboxylic acids is 2. The van der Waals surface area contributed by atoms with Crippen LogP contribution in [0.3, 0.4) is 0 Å². The van der Waals surface area contributed by atoms with Crippen LogP contribution in [-0.2, 0) is 10.0 Å². The second-order valence-corrected chi connectivity index (χ2v) is 11.4. The highest BCUT2D eigenvalue weighted by atomic mass is 32.2. The van der Waals surface area contributed by atoms with Gasteiger partial charge < -0.3 is 14.2 Å². The van der Waals surface area contributed by atoms with Gasteiger partial charge >= 0.3 is 5.97 Å². The van der Waals surface area contributed by atoms with Gasteiger partial charge in [-0.15, -0.1) is 0 Å². The number of methoxy groups -OCH3 is 1. The second-order valence-electron chi connectivity index (χ2n) is 9.72. The summed E-state index contributed by atoms with van der Waals surface area (Å²) in [5, 5.41) is 3.98. The number of sulfonamides is 1. The molecule has 4 aromatic rings. The van der Waals surface area contributed by atoms with Crippen molar-refractivity contribution >= 4 is 33.8 Å². The van der Waals surface area contributed by atoms with Crippen LogP contribution in [0.1, 0.15) is 51.6 Å². The first-order valence-electron chi connectivity index (χ1n) is 13.8. The third-order valence-corrected chi connectivity index (χ3v) is 7.75. The summed E-state index contributed by atoms with van der Waals surface area (Å²) in [5.41, 5.74) is 4.91. The molecule has 0 unspecified atom stereocenters. The zero-order chi connectivity index (χ0) is 31.5. The highest BCUT2D eigenvalue weighted by molar-refractivity contribution is 7.92. The standard InChI is InChI=1S/C33H33N3O7S/c1-4-5-20-42-28-15-11-26(12-16-28)33(38)43-30-19-8-24(21-31(30)41-3)22-34-35-32(37)25-9-13-27(14-10-25)36-44(39,40)29-17-6-23(2)7-18-29/h6-19,21-22,36H,4-5,20H2,1-3H3,(H,35,37)/b34-22+. The van der Waals surface area contributed by atoms with E-state index < -0.39 is 21.9 Å². The Morgan fingerprint density at radius 1 is 0.864 bits per heavy atom. The average molecular weight is 616 g/mol. The molecule has 10 nitrogen and oxygen atoms in total. The predicted molar refractivity (Wildman–Crippen MR) is 168 cm³/mol. The molecule has 0 saturated heterocycles. The first-order valence-corrected chi connectivity index (χ1v) is 15.3. The minimum Gasteiger partial charge on any atom is -0.494 e. The molecule has 1 amide bonds. The molecule has 4 aromatic carbocycles. The number of aryl methyl sites for hydroxylation is 1. The number of nitrogens with one attached hydrogen (secondary N) is 2. The molecule has 44 heavy (non-hydrogen) atoms. The summed E-state index contributed by atoms with van der Waals surface area (Å²) in [6.45, 7) is 4.57. The molecular formula is C33H33N3O7S. The van der Waals surface area contributed by atoms with E-state index in [0.29, 0.717) is 34.9 Å². The maximum Gasteiger partial charge on any atom is 0.343 e. The third kappa shape index (κ3) is 8.68. The molecule has 0 saturated carbocycles. The van der Waals surface area contributed by atoms with Gasteiger partial charge in [-0.3, -0.25) is 9.52 Å². The van der Waals surface area contributed by atoms with E-state index in [2.05, 4.69) is 22.2 Å². The van der Waals surface area contributed by atoms with E-state index in [-0.39, 0.29) is 16.2 Å². The van der Waals surface area contributed by atoms with E-state index in [1.54, 1.807) is 54.6 Å². The summed E-state index contributed by atoms with van der Waals surface area (Å²) in [7, 11) is -2.31. The Morgan fingerprint density at radius 3 is 2.20 bits per heavy atom.